The summed E-state index contributed by atoms with van der Waals surface area (Å²) in [6.45, 7) is 1.71. The van der Waals surface area contributed by atoms with E-state index in [-0.39, 0.29) is 11.4 Å². The van der Waals surface area contributed by atoms with E-state index in [1.165, 1.54) is 28.9 Å². The molecule has 3 heterocycles. The molecule has 0 aliphatic heterocycles. The molecule has 12 heteroatoms. The van der Waals surface area contributed by atoms with Gasteiger partial charge in [0.25, 0.3) is 0 Å². The van der Waals surface area contributed by atoms with Crippen LogP contribution in [0.4, 0.5) is 10.5 Å². The molecule has 1 aromatic carbocycles. The standard InChI is InChI=1S/C22H15ClN4O5S2/c1-11(12-4-2-3-5-13(12)23)31-21(30)25-14-10-24-32-15(14)6-7-16-26-17-18(33-16)34-19(27-17)22(8-9-22)20(28)29/h2-5,10-11H,8-9H2,1H3,(H,25,30)(H,28,29). The SMILES string of the molecule is CC(OC(=O)Nc1cnoc1C#Cc1nc2nc(C3(C(=O)O)CC3)sc2s1)c1ccccc1Cl. The first-order valence-corrected chi connectivity index (χ1v) is 12.1. The second-order valence-electron chi connectivity index (χ2n) is 7.55. The van der Waals surface area contributed by atoms with Gasteiger partial charge in [0, 0.05) is 10.6 Å². The van der Waals surface area contributed by atoms with Crippen molar-refractivity contribution in [2.45, 2.75) is 31.3 Å². The maximum absolute atomic E-state index is 12.3. The molecular weight excluding hydrogens is 500 g/mol. The summed E-state index contributed by atoms with van der Waals surface area (Å²) >= 11 is 8.80. The summed E-state index contributed by atoms with van der Waals surface area (Å²) in [6, 6.07) is 7.10. The van der Waals surface area contributed by atoms with Crippen molar-refractivity contribution in [1.82, 2.24) is 15.1 Å². The van der Waals surface area contributed by atoms with Crippen LogP contribution in [0.2, 0.25) is 5.02 Å². The summed E-state index contributed by atoms with van der Waals surface area (Å²) in [4.78, 5) is 32.6. The van der Waals surface area contributed by atoms with Gasteiger partial charge in [-0.25, -0.2) is 14.8 Å². The Morgan fingerprint density at radius 2 is 2.06 bits per heavy atom. The molecule has 1 amide bonds. The molecule has 2 N–H and O–H groups in total. The van der Waals surface area contributed by atoms with Gasteiger partial charge in [0.1, 0.15) is 26.2 Å². The summed E-state index contributed by atoms with van der Waals surface area (Å²) in [5.74, 6) is 4.96. The van der Waals surface area contributed by atoms with Gasteiger partial charge in [0.2, 0.25) is 5.76 Å². The fourth-order valence-electron chi connectivity index (χ4n) is 3.24. The van der Waals surface area contributed by atoms with E-state index in [9.17, 15) is 14.7 Å². The van der Waals surface area contributed by atoms with E-state index in [1.807, 2.05) is 6.07 Å². The van der Waals surface area contributed by atoms with Gasteiger partial charge in [-0.3, -0.25) is 10.1 Å². The lowest BCUT2D eigenvalue weighted by molar-refractivity contribution is -0.140. The number of carboxylic acids is 1. The number of ether oxygens (including phenoxy) is 1. The maximum atomic E-state index is 12.3. The van der Waals surface area contributed by atoms with E-state index in [0.29, 0.717) is 39.1 Å². The summed E-state index contributed by atoms with van der Waals surface area (Å²) < 4.78 is 11.3. The number of halogens is 1. The van der Waals surface area contributed by atoms with Crippen molar-refractivity contribution in [1.29, 1.82) is 0 Å². The van der Waals surface area contributed by atoms with E-state index >= 15 is 0 Å². The lowest BCUT2D eigenvalue weighted by Gasteiger charge is -2.14. The maximum Gasteiger partial charge on any atom is 0.412 e. The molecule has 34 heavy (non-hydrogen) atoms. The number of carbonyl (C=O) groups is 2. The Bertz CT molecular complexity index is 1450. The molecule has 1 aliphatic rings. The van der Waals surface area contributed by atoms with Crippen molar-refractivity contribution in [3.05, 3.63) is 56.8 Å². The first kappa shape index (κ1) is 22.3. The van der Waals surface area contributed by atoms with Crippen LogP contribution in [0.5, 0.6) is 0 Å². The molecule has 5 rings (SSSR count). The number of carboxylic acid groups (broad SMARTS) is 1. The molecule has 0 bridgehead atoms. The van der Waals surface area contributed by atoms with Gasteiger partial charge in [-0.2, -0.15) is 0 Å². The topological polar surface area (TPSA) is 127 Å². The van der Waals surface area contributed by atoms with Gasteiger partial charge in [0.15, 0.2) is 10.7 Å². The number of nitrogens with zero attached hydrogens (tertiary/aromatic N) is 3. The zero-order valence-electron chi connectivity index (χ0n) is 17.5. The summed E-state index contributed by atoms with van der Waals surface area (Å²) in [5, 5.41) is 17.2. The quantitative estimate of drug-likeness (QED) is 0.347. The second kappa shape index (κ2) is 8.72. The van der Waals surface area contributed by atoms with E-state index in [2.05, 4.69) is 32.3 Å². The third kappa shape index (κ3) is 4.23. The van der Waals surface area contributed by atoms with Crippen molar-refractivity contribution in [3.8, 4) is 11.8 Å². The van der Waals surface area contributed by atoms with Crippen molar-refractivity contribution < 1.29 is 24.0 Å². The molecule has 1 atom stereocenters. The molecule has 0 spiro atoms. The molecular formula is C22H15ClN4O5S2. The fourth-order valence-corrected chi connectivity index (χ4v) is 5.74. The number of carbonyl (C=O) groups excluding carboxylic acids is 1. The van der Waals surface area contributed by atoms with Gasteiger partial charge in [-0.15, -0.1) is 11.3 Å². The normalized spacial score (nSPS) is 14.8. The molecule has 0 saturated heterocycles. The minimum Gasteiger partial charge on any atom is -0.481 e. The molecule has 172 valence electrons. The zero-order valence-corrected chi connectivity index (χ0v) is 19.9. The highest BCUT2D eigenvalue weighted by Gasteiger charge is 2.54. The minimum atomic E-state index is -0.852. The Morgan fingerprint density at radius 1 is 1.26 bits per heavy atom. The fraction of sp³-hybridized carbons (Fsp3) is 0.227. The molecule has 1 aliphatic carbocycles. The van der Waals surface area contributed by atoms with E-state index < -0.39 is 23.6 Å². The predicted molar refractivity (Wildman–Crippen MR) is 126 cm³/mol. The van der Waals surface area contributed by atoms with Crippen LogP contribution in [0.25, 0.3) is 9.66 Å². The van der Waals surface area contributed by atoms with Crippen LogP contribution in [0.3, 0.4) is 0 Å². The predicted octanol–water partition coefficient (Wildman–Crippen LogP) is 5.22. The average Bonchev–Trinajstić information content (AvgIpc) is 3.12. The highest BCUT2D eigenvalue weighted by molar-refractivity contribution is 7.38. The second-order valence-corrected chi connectivity index (χ2v) is 10.2. The Hall–Kier alpha value is -3.46. The van der Waals surface area contributed by atoms with Crippen molar-refractivity contribution in [3.63, 3.8) is 0 Å². The molecule has 1 fully saturated rings. The highest BCUT2D eigenvalue weighted by atomic mass is 35.5. The smallest absolute Gasteiger partial charge is 0.412 e. The van der Waals surface area contributed by atoms with Crippen molar-refractivity contribution in [2.24, 2.45) is 0 Å². The Morgan fingerprint density at radius 3 is 2.76 bits per heavy atom. The van der Waals surface area contributed by atoms with E-state index in [0.717, 1.165) is 4.01 Å². The Kier molecular flexibility index (Phi) is 5.73. The zero-order chi connectivity index (χ0) is 23.9. The third-order valence-corrected chi connectivity index (χ3v) is 7.90. The summed E-state index contributed by atoms with van der Waals surface area (Å²) in [5.41, 5.74) is 0.561. The number of hydrogen-bond acceptors (Lipinski definition) is 9. The van der Waals surface area contributed by atoms with Gasteiger partial charge >= 0.3 is 12.1 Å². The highest BCUT2D eigenvalue weighted by Crippen LogP contribution is 2.51. The number of thiazole rings is 2. The molecule has 9 nitrogen and oxygen atoms in total. The number of fused-ring (bicyclic) bond motifs is 1. The summed E-state index contributed by atoms with van der Waals surface area (Å²) in [6.07, 6.45) is 1.23. The van der Waals surface area contributed by atoms with Gasteiger partial charge in [-0.05, 0) is 37.7 Å². The number of benzene rings is 1. The van der Waals surface area contributed by atoms with Crippen molar-refractivity contribution >= 4 is 61.7 Å². The van der Waals surface area contributed by atoms with Crippen LogP contribution in [0.15, 0.2) is 35.0 Å². The summed E-state index contributed by atoms with van der Waals surface area (Å²) in [7, 11) is 0. The molecule has 1 saturated carbocycles. The van der Waals surface area contributed by atoms with Crippen LogP contribution in [0.1, 0.15) is 47.2 Å². The van der Waals surface area contributed by atoms with Crippen LogP contribution in [-0.2, 0) is 14.9 Å². The van der Waals surface area contributed by atoms with Crippen molar-refractivity contribution in [2.75, 3.05) is 5.32 Å². The van der Waals surface area contributed by atoms with Gasteiger partial charge in [-0.1, -0.05) is 46.3 Å². The van der Waals surface area contributed by atoms with Crippen LogP contribution >= 0.6 is 34.3 Å². The van der Waals surface area contributed by atoms with E-state index in [4.69, 9.17) is 20.9 Å². The van der Waals surface area contributed by atoms with Gasteiger partial charge < -0.3 is 14.4 Å². The van der Waals surface area contributed by atoms with Crippen LogP contribution < -0.4 is 5.32 Å². The average molecular weight is 515 g/mol. The number of amides is 1. The number of nitrogens with one attached hydrogen (secondary N) is 1. The number of aliphatic carboxylic acids is 1. The first-order valence-electron chi connectivity index (χ1n) is 10.1. The minimum absolute atomic E-state index is 0.136. The Balaban J connectivity index is 1.27. The molecule has 3 aromatic heterocycles. The Labute approximate surface area is 205 Å². The largest absolute Gasteiger partial charge is 0.481 e. The lowest BCUT2D eigenvalue weighted by atomic mass is 10.1. The molecule has 1 unspecified atom stereocenters. The third-order valence-electron chi connectivity index (χ3n) is 5.26. The number of anilines is 1. The monoisotopic (exact) mass is 514 g/mol. The first-order chi connectivity index (χ1) is 16.4. The molecule has 4 aromatic rings. The lowest BCUT2D eigenvalue weighted by Crippen LogP contribution is -2.18. The number of rotatable bonds is 5. The molecule has 0 radical (unpaired) electrons. The van der Waals surface area contributed by atoms with Crippen LogP contribution in [-0.4, -0.2) is 32.3 Å². The van der Waals surface area contributed by atoms with Gasteiger partial charge in [0.05, 0.1) is 6.20 Å². The number of aromatic nitrogens is 3. The number of hydrogen-bond donors (Lipinski definition) is 2. The van der Waals surface area contributed by atoms with Crippen LogP contribution in [0, 0.1) is 11.8 Å². The van der Waals surface area contributed by atoms with E-state index in [1.54, 1.807) is 25.1 Å².